The zero-order chi connectivity index (χ0) is 19.6. The molecule has 0 bridgehead atoms. The summed E-state index contributed by atoms with van der Waals surface area (Å²) in [4.78, 5) is 20.9. The fraction of sp³-hybridized carbons (Fsp3) is 0.438. The molecule has 0 aromatic carbocycles. The predicted molar refractivity (Wildman–Crippen MR) is 107 cm³/mol. The molecule has 3 heterocycles. The van der Waals surface area contributed by atoms with E-state index < -0.39 is 15.9 Å². The van der Waals surface area contributed by atoms with Crippen LogP contribution in [0.2, 0.25) is 0 Å². The molecule has 2 N–H and O–H groups in total. The lowest BCUT2D eigenvalue weighted by Crippen LogP contribution is -2.46. The van der Waals surface area contributed by atoms with Crippen molar-refractivity contribution in [2.75, 3.05) is 18.5 Å². The lowest BCUT2D eigenvalue weighted by molar-refractivity contribution is -0.125. The Morgan fingerprint density at radius 2 is 2.00 bits per heavy atom. The highest BCUT2D eigenvalue weighted by molar-refractivity contribution is 9.11. The fourth-order valence-corrected chi connectivity index (χ4v) is 6.63. The Kier molecular flexibility index (Phi) is 6.14. The van der Waals surface area contributed by atoms with Crippen molar-refractivity contribution in [1.82, 2.24) is 19.7 Å². The van der Waals surface area contributed by atoms with Gasteiger partial charge in [-0.1, -0.05) is 0 Å². The third-order valence-electron chi connectivity index (χ3n) is 4.18. The third-order valence-corrected chi connectivity index (χ3v) is 8.13. The van der Waals surface area contributed by atoms with E-state index in [1.165, 1.54) is 15.6 Å². The van der Waals surface area contributed by atoms with Crippen LogP contribution in [0.25, 0.3) is 0 Å². The summed E-state index contributed by atoms with van der Waals surface area (Å²) in [6, 6.07) is 5.12. The van der Waals surface area contributed by atoms with Gasteiger partial charge in [0.05, 0.1) is 9.70 Å². The Morgan fingerprint density at radius 3 is 2.63 bits per heavy atom. The number of aromatic nitrogens is 2. The van der Waals surface area contributed by atoms with Gasteiger partial charge < -0.3 is 0 Å². The number of thiophene rings is 1. The molecule has 0 spiro atoms. The van der Waals surface area contributed by atoms with Crippen LogP contribution in [0.1, 0.15) is 24.2 Å². The van der Waals surface area contributed by atoms with Gasteiger partial charge in [-0.3, -0.25) is 15.6 Å². The number of aryl methyl sites for hydroxylation is 2. The topological polar surface area (TPSA) is 104 Å². The van der Waals surface area contributed by atoms with Gasteiger partial charge in [0, 0.05) is 24.5 Å². The van der Waals surface area contributed by atoms with Crippen LogP contribution in [0.4, 0.5) is 5.95 Å². The summed E-state index contributed by atoms with van der Waals surface area (Å²) in [6.45, 7) is 4.25. The molecule has 0 aliphatic carbocycles. The lowest BCUT2D eigenvalue weighted by Gasteiger charge is -2.30. The second-order valence-corrected chi connectivity index (χ2v) is 11.0. The van der Waals surface area contributed by atoms with Crippen molar-refractivity contribution < 1.29 is 13.2 Å². The number of hydrazine groups is 1. The molecular formula is C16H20BrN5O3S2. The molecule has 3 rings (SSSR count). The number of nitrogens with one attached hydrogen (secondary N) is 2. The smallest absolute Gasteiger partial charge is 0.252 e. The summed E-state index contributed by atoms with van der Waals surface area (Å²) in [7, 11) is -3.59. The van der Waals surface area contributed by atoms with E-state index in [0.29, 0.717) is 25.3 Å². The standard InChI is InChI=1S/C16H20BrN5O3S2/c1-10-8-11(2)19-16(18-10)21-20-15(23)12-4-3-7-22(9-12)27(24,25)14-6-5-13(17)26-14/h5-6,8,12H,3-4,7,9H2,1-2H3,(H,20,23)(H,18,19,21)/t12-/m0/s1. The van der Waals surface area contributed by atoms with Crippen LogP contribution in [-0.2, 0) is 14.8 Å². The van der Waals surface area contributed by atoms with E-state index in [2.05, 4.69) is 36.7 Å². The minimum Gasteiger partial charge on any atom is -0.273 e. The van der Waals surface area contributed by atoms with E-state index >= 15 is 0 Å². The number of halogens is 1. The molecule has 8 nitrogen and oxygen atoms in total. The first-order chi connectivity index (χ1) is 12.8. The predicted octanol–water partition coefficient (Wildman–Crippen LogP) is 2.46. The Balaban J connectivity index is 1.64. The molecule has 1 saturated heterocycles. The van der Waals surface area contributed by atoms with E-state index in [1.54, 1.807) is 12.1 Å². The minimum atomic E-state index is -3.59. The molecule has 1 amide bonds. The van der Waals surface area contributed by atoms with Gasteiger partial charge in [0.2, 0.25) is 11.9 Å². The van der Waals surface area contributed by atoms with Crippen LogP contribution in [0.15, 0.2) is 26.2 Å². The number of rotatable bonds is 5. The summed E-state index contributed by atoms with van der Waals surface area (Å²) >= 11 is 4.45. The molecule has 1 fully saturated rings. The molecule has 2 aromatic heterocycles. The average molecular weight is 474 g/mol. The summed E-state index contributed by atoms with van der Waals surface area (Å²) in [6.07, 6.45) is 1.26. The van der Waals surface area contributed by atoms with Gasteiger partial charge in [-0.05, 0) is 60.8 Å². The van der Waals surface area contributed by atoms with E-state index in [1.807, 2.05) is 19.9 Å². The zero-order valence-corrected chi connectivity index (χ0v) is 18.1. The number of anilines is 1. The Hall–Kier alpha value is -1.56. The molecule has 146 valence electrons. The first kappa shape index (κ1) is 20.2. The normalized spacial score (nSPS) is 18.3. The SMILES string of the molecule is Cc1cc(C)nc(NNC(=O)[C@H]2CCCN(S(=O)(=O)c3ccc(Br)s3)C2)n1. The van der Waals surface area contributed by atoms with E-state index in [-0.39, 0.29) is 16.7 Å². The van der Waals surface area contributed by atoms with Gasteiger partial charge in [-0.15, -0.1) is 11.3 Å². The van der Waals surface area contributed by atoms with Gasteiger partial charge in [0.15, 0.2) is 0 Å². The van der Waals surface area contributed by atoms with Crippen LogP contribution in [-0.4, -0.2) is 41.7 Å². The molecule has 2 aromatic rings. The summed E-state index contributed by atoms with van der Waals surface area (Å²) in [5.41, 5.74) is 6.89. The Morgan fingerprint density at radius 1 is 1.30 bits per heavy atom. The average Bonchev–Trinajstić information content (AvgIpc) is 3.06. The second-order valence-electron chi connectivity index (χ2n) is 6.35. The quantitative estimate of drug-likeness (QED) is 0.646. The molecule has 27 heavy (non-hydrogen) atoms. The van der Waals surface area contributed by atoms with Crippen LogP contribution in [0.3, 0.4) is 0 Å². The third kappa shape index (κ3) is 4.84. The maximum absolute atomic E-state index is 12.8. The molecule has 0 radical (unpaired) electrons. The number of hydrogen-bond donors (Lipinski definition) is 2. The van der Waals surface area contributed by atoms with Gasteiger partial charge in [0.1, 0.15) is 4.21 Å². The van der Waals surface area contributed by atoms with E-state index in [4.69, 9.17) is 0 Å². The van der Waals surface area contributed by atoms with Crippen LogP contribution in [0.5, 0.6) is 0 Å². The van der Waals surface area contributed by atoms with Gasteiger partial charge in [-0.25, -0.2) is 18.4 Å². The van der Waals surface area contributed by atoms with Crippen molar-refractivity contribution in [3.8, 4) is 0 Å². The minimum absolute atomic E-state index is 0.152. The first-order valence-electron chi connectivity index (χ1n) is 8.39. The molecular weight excluding hydrogens is 454 g/mol. The number of nitrogens with zero attached hydrogens (tertiary/aromatic N) is 3. The highest BCUT2D eigenvalue weighted by Gasteiger charge is 2.34. The molecule has 1 aliphatic heterocycles. The maximum atomic E-state index is 12.8. The highest BCUT2D eigenvalue weighted by Crippen LogP contribution is 2.30. The summed E-state index contributed by atoms with van der Waals surface area (Å²) in [5, 5.41) is 0. The van der Waals surface area contributed by atoms with Crippen LogP contribution < -0.4 is 10.9 Å². The first-order valence-corrected chi connectivity index (χ1v) is 11.4. The molecule has 0 saturated carbocycles. The number of carbonyl (C=O) groups is 1. The summed E-state index contributed by atoms with van der Waals surface area (Å²) < 4.78 is 28.0. The van der Waals surface area contributed by atoms with Crippen molar-refractivity contribution in [3.05, 3.63) is 33.4 Å². The van der Waals surface area contributed by atoms with Crippen molar-refractivity contribution >= 4 is 49.1 Å². The number of hydrogen-bond acceptors (Lipinski definition) is 7. The van der Waals surface area contributed by atoms with Crippen molar-refractivity contribution in [2.45, 2.75) is 30.9 Å². The van der Waals surface area contributed by atoms with Crippen molar-refractivity contribution in [2.24, 2.45) is 5.92 Å². The zero-order valence-electron chi connectivity index (χ0n) is 14.9. The number of sulfonamides is 1. The number of amides is 1. The van der Waals surface area contributed by atoms with E-state index in [9.17, 15) is 13.2 Å². The molecule has 11 heteroatoms. The van der Waals surface area contributed by atoms with Crippen molar-refractivity contribution in [1.29, 1.82) is 0 Å². The number of carbonyl (C=O) groups excluding carboxylic acids is 1. The van der Waals surface area contributed by atoms with Crippen LogP contribution in [0, 0.1) is 19.8 Å². The van der Waals surface area contributed by atoms with Gasteiger partial charge in [-0.2, -0.15) is 4.31 Å². The molecule has 1 atom stereocenters. The van der Waals surface area contributed by atoms with Gasteiger partial charge >= 0.3 is 0 Å². The summed E-state index contributed by atoms with van der Waals surface area (Å²) in [5.74, 6) is -0.398. The molecule has 1 aliphatic rings. The van der Waals surface area contributed by atoms with Gasteiger partial charge in [0.25, 0.3) is 10.0 Å². The van der Waals surface area contributed by atoms with Crippen molar-refractivity contribution in [3.63, 3.8) is 0 Å². The fourth-order valence-electron chi connectivity index (χ4n) is 2.94. The van der Waals surface area contributed by atoms with E-state index in [0.717, 1.165) is 15.2 Å². The monoisotopic (exact) mass is 473 g/mol. The number of piperidine rings is 1. The highest BCUT2D eigenvalue weighted by atomic mass is 79.9. The second kappa shape index (κ2) is 8.21. The Bertz CT molecular complexity index is 927. The largest absolute Gasteiger partial charge is 0.273 e. The maximum Gasteiger partial charge on any atom is 0.252 e. The molecule has 0 unspecified atom stereocenters. The lowest BCUT2D eigenvalue weighted by atomic mass is 9.99. The van der Waals surface area contributed by atoms with Crippen LogP contribution >= 0.6 is 27.3 Å². The Labute approximate surface area is 170 Å².